The molecule has 1 fully saturated rings. The zero-order chi connectivity index (χ0) is 39.6. The Morgan fingerprint density at radius 2 is 1.27 bits per heavy atom. The van der Waals surface area contributed by atoms with Crippen molar-refractivity contribution in [3.63, 3.8) is 0 Å². The molecule has 0 spiro atoms. The second kappa shape index (κ2) is 18.5. The predicted octanol–water partition coefficient (Wildman–Crippen LogP) is 3.70. The molecule has 0 radical (unpaired) electrons. The minimum atomic E-state index is -1.52. The molecule has 1 heterocycles. The number of fused-ring (bicyclic) bond motifs is 3. The lowest BCUT2D eigenvalue weighted by Gasteiger charge is -2.45. The Kier molecular flexibility index (Phi) is 13.6. The van der Waals surface area contributed by atoms with Crippen LogP contribution in [0.5, 0.6) is 0 Å². The van der Waals surface area contributed by atoms with Gasteiger partial charge in [-0.2, -0.15) is 0 Å². The van der Waals surface area contributed by atoms with Crippen LogP contribution >= 0.6 is 0 Å². The van der Waals surface area contributed by atoms with E-state index < -0.39 is 85.3 Å². The summed E-state index contributed by atoms with van der Waals surface area (Å²) in [6, 6.07) is 21.7. The lowest BCUT2D eigenvalue weighted by molar-refractivity contribution is -0.288. The van der Waals surface area contributed by atoms with E-state index in [1.54, 1.807) is 24.3 Å². The number of esters is 4. The van der Waals surface area contributed by atoms with Gasteiger partial charge in [-0.15, -0.1) is 0 Å². The van der Waals surface area contributed by atoms with Gasteiger partial charge in [0.25, 0.3) is 0 Å². The van der Waals surface area contributed by atoms with Crippen LogP contribution < -0.4 is 10.6 Å². The summed E-state index contributed by atoms with van der Waals surface area (Å²) in [7, 11) is 0. The van der Waals surface area contributed by atoms with Gasteiger partial charge in [-0.1, -0.05) is 78.9 Å². The third-order valence-corrected chi connectivity index (χ3v) is 8.98. The summed E-state index contributed by atoms with van der Waals surface area (Å²) in [5, 5.41) is 5.18. The molecule has 5 rings (SSSR count). The summed E-state index contributed by atoms with van der Waals surface area (Å²) < 4.78 is 39.8. The Hall–Kier alpha value is -5.80. The molecule has 292 valence electrons. The molecule has 0 saturated carbocycles. The number of hydrogen-bond acceptors (Lipinski definition) is 13. The average molecular weight is 761 g/mol. The summed E-state index contributed by atoms with van der Waals surface area (Å²) in [4.78, 5) is 75.9. The Bertz CT molecular complexity index is 1820. The Balaban J connectivity index is 1.39. The fraction of sp³-hybridized carbons (Fsp3) is 0.400. The van der Waals surface area contributed by atoms with Crippen molar-refractivity contribution in [2.75, 3.05) is 13.2 Å². The largest absolute Gasteiger partial charge is 0.463 e. The first-order valence-electron chi connectivity index (χ1n) is 17.7. The molecule has 15 nitrogen and oxygen atoms in total. The zero-order valence-corrected chi connectivity index (χ0v) is 31.1. The van der Waals surface area contributed by atoms with Crippen LogP contribution in [-0.4, -0.2) is 91.9 Å². The molecule has 15 heteroatoms. The van der Waals surface area contributed by atoms with E-state index in [2.05, 4.69) is 10.6 Å². The number of alkyl carbamates (subject to hydrolysis) is 1. The molecule has 2 N–H and O–H groups in total. The monoisotopic (exact) mass is 760 g/mol. The maximum absolute atomic E-state index is 13.7. The maximum atomic E-state index is 13.7. The SMILES string of the molecule is CC(=O)NC1C(OC(C)=O)[C@H](OC(C)=O)C(COC(C)=O)O[C@H]1O[C@H](C)[C@H](NC(=O)OCC1c2ccccc2-c2ccccc21)C(=O)OCc1ccccc1. The molecule has 0 bridgehead atoms. The van der Waals surface area contributed by atoms with Crippen molar-refractivity contribution in [1.82, 2.24) is 10.6 Å². The molecule has 1 saturated heterocycles. The minimum absolute atomic E-state index is 0.0450. The molecule has 2 aliphatic rings. The van der Waals surface area contributed by atoms with E-state index in [9.17, 15) is 28.8 Å². The third kappa shape index (κ3) is 10.5. The van der Waals surface area contributed by atoms with Gasteiger partial charge in [-0.05, 0) is 34.7 Å². The normalized spacial score (nSPS) is 21.1. The van der Waals surface area contributed by atoms with Crippen LogP contribution in [0.3, 0.4) is 0 Å². The van der Waals surface area contributed by atoms with Crippen molar-refractivity contribution in [2.45, 2.75) is 89.9 Å². The summed E-state index contributed by atoms with van der Waals surface area (Å²) in [5.41, 5.74) is 4.73. The van der Waals surface area contributed by atoms with E-state index in [-0.39, 0.29) is 19.1 Å². The average Bonchev–Trinajstić information content (AvgIpc) is 3.46. The van der Waals surface area contributed by atoms with Crippen molar-refractivity contribution in [1.29, 1.82) is 0 Å². The van der Waals surface area contributed by atoms with E-state index in [0.29, 0.717) is 5.56 Å². The lowest BCUT2D eigenvalue weighted by atomic mass is 9.95. The van der Waals surface area contributed by atoms with Crippen molar-refractivity contribution < 1.29 is 61.9 Å². The molecular formula is C40H44N2O13. The van der Waals surface area contributed by atoms with Crippen LogP contribution in [0.1, 0.15) is 57.2 Å². The van der Waals surface area contributed by atoms with Crippen molar-refractivity contribution in [2.24, 2.45) is 0 Å². The molecular weight excluding hydrogens is 716 g/mol. The lowest BCUT2D eigenvalue weighted by Crippen LogP contribution is -2.67. The predicted molar refractivity (Wildman–Crippen MR) is 193 cm³/mol. The molecule has 55 heavy (non-hydrogen) atoms. The second-order valence-corrected chi connectivity index (χ2v) is 13.1. The van der Waals surface area contributed by atoms with Crippen molar-refractivity contribution >= 4 is 35.9 Å². The van der Waals surface area contributed by atoms with Gasteiger partial charge in [0.2, 0.25) is 5.91 Å². The number of benzene rings is 3. The summed E-state index contributed by atoms with van der Waals surface area (Å²) in [6.07, 6.45) is -7.76. The molecule has 3 aromatic carbocycles. The van der Waals surface area contributed by atoms with Crippen LogP contribution in [0.25, 0.3) is 11.1 Å². The van der Waals surface area contributed by atoms with Crippen LogP contribution in [0.15, 0.2) is 78.9 Å². The number of carbonyl (C=O) groups excluding carboxylic acids is 6. The quantitative estimate of drug-likeness (QED) is 0.179. The van der Waals surface area contributed by atoms with E-state index in [1.165, 1.54) is 13.8 Å². The first kappa shape index (κ1) is 40.4. The van der Waals surface area contributed by atoms with Gasteiger partial charge >= 0.3 is 30.0 Å². The van der Waals surface area contributed by atoms with E-state index in [1.807, 2.05) is 54.6 Å². The maximum Gasteiger partial charge on any atom is 0.407 e. The third-order valence-electron chi connectivity index (χ3n) is 8.98. The fourth-order valence-electron chi connectivity index (χ4n) is 6.65. The highest BCUT2D eigenvalue weighted by Crippen LogP contribution is 2.44. The number of amides is 2. The zero-order valence-electron chi connectivity index (χ0n) is 31.1. The van der Waals surface area contributed by atoms with Gasteiger partial charge in [-0.3, -0.25) is 19.2 Å². The summed E-state index contributed by atoms with van der Waals surface area (Å²) in [6.45, 7) is 5.39. The molecule has 0 aromatic heterocycles. The highest BCUT2D eigenvalue weighted by atomic mass is 16.7. The molecule has 3 unspecified atom stereocenters. The minimum Gasteiger partial charge on any atom is -0.463 e. The number of rotatable bonds is 14. The first-order chi connectivity index (χ1) is 26.3. The molecule has 2 amide bonds. The topological polar surface area (TPSA) is 191 Å². The van der Waals surface area contributed by atoms with Crippen LogP contribution in [0.2, 0.25) is 0 Å². The summed E-state index contributed by atoms with van der Waals surface area (Å²) >= 11 is 0. The van der Waals surface area contributed by atoms with Gasteiger partial charge in [0, 0.05) is 33.6 Å². The Morgan fingerprint density at radius 3 is 1.85 bits per heavy atom. The standard InChI is InChI=1S/C40H44N2O13/c1-22(52-39-35(41-23(2)43)37(54-26(5)46)36(53-25(4)45)33(55-39)21-49-24(3)44)34(38(47)50-19-27-13-7-6-8-14-27)42-40(48)51-20-32-30-17-11-9-15-28(30)29-16-10-12-18-31(29)32/h6-18,22,32-37,39H,19-21H2,1-5H3,(H,41,43)(H,42,48)/t22-,33?,34+,35?,36-,37?,39-/m1/s1. The summed E-state index contributed by atoms with van der Waals surface area (Å²) in [5.74, 6) is -4.00. The van der Waals surface area contributed by atoms with Crippen molar-refractivity contribution in [3.05, 3.63) is 95.6 Å². The highest BCUT2D eigenvalue weighted by Gasteiger charge is 2.52. The van der Waals surface area contributed by atoms with E-state index in [0.717, 1.165) is 43.0 Å². The molecule has 1 aliphatic carbocycles. The van der Waals surface area contributed by atoms with Crippen LogP contribution in [0.4, 0.5) is 4.79 Å². The Labute approximate surface area is 317 Å². The molecule has 7 atom stereocenters. The van der Waals surface area contributed by atoms with Crippen LogP contribution in [-0.2, 0) is 63.7 Å². The second-order valence-electron chi connectivity index (χ2n) is 13.1. The van der Waals surface area contributed by atoms with Gasteiger partial charge in [0.15, 0.2) is 24.5 Å². The van der Waals surface area contributed by atoms with E-state index in [4.69, 9.17) is 33.2 Å². The molecule has 1 aliphatic heterocycles. The van der Waals surface area contributed by atoms with Crippen molar-refractivity contribution in [3.8, 4) is 11.1 Å². The van der Waals surface area contributed by atoms with Gasteiger partial charge in [0.1, 0.15) is 32.0 Å². The fourth-order valence-corrected chi connectivity index (χ4v) is 6.65. The van der Waals surface area contributed by atoms with E-state index >= 15 is 0 Å². The van der Waals surface area contributed by atoms with Gasteiger partial charge < -0.3 is 43.8 Å². The molecule has 3 aromatic rings. The number of nitrogens with one attached hydrogen (secondary N) is 2. The van der Waals surface area contributed by atoms with Gasteiger partial charge in [0.05, 0.1) is 6.10 Å². The first-order valence-corrected chi connectivity index (χ1v) is 17.7. The highest BCUT2D eigenvalue weighted by molar-refractivity contribution is 5.82. The van der Waals surface area contributed by atoms with Gasteiger partial charge in [-0.25, -0.2) is 9.59 Å². The number of carbonyl (C=O) groups is 6. The smallest absolute Gasteiger partial charge is 0.407 e. The Morgan fingerprint density at radius 1 is 0.691 bits per heavy atom. The number of hydrogen-bond donors (Lipinski definition) is 2. The number of ether oxygens (including phenoxy) is 7. The van der Waals surface area contributed by atoms with Crippen LogP contribution in [0, 0.1) is 0 Å².